The summed E-state index contributed by atoms with van der Waals surface area (Å²) in [7, 11) is 1.55. The number of benzene rings is 1. The monoisotopic (exact) mass is 281 g/mol. The number of aliphatic carboxylic acids is 1. The second-order valence-corrected chi connectivity index (χ2v) is 4.56. The summed E-state index contributed by atoms with van der Waals surface area (Å²) in [4.78, 5) is 11.0. The van der Waals surface area contributed by atoms with Crippen LogP contribution in [0, 0.1) is 0 Å². The molecule has 1 heterocycles. The van der Waals surface area contributed by atoms with Gasteiger partial charge in [-0.25, -0.2) is 0 Å². The summed E-state index contributed by atoms with van der Waals surface area (Å²) in [6.07, 6.45) is 0.931. The fourth-order valence-electron chi connectivity index (χ4n) is 2.15. The summed E-state index contributed by atoms with van der Waals surface area (Å²) < 4.78 is 16.0. The lowest BCUT2D eigenvalue weighted by atomic mass is 10.0. The van der Waals surface area contributed by atoms with Crippen molar-refractivity contribution in [1.29, 1.82) is 0 Å². The molecule has 6 nitrogen and oxygen atoms in total. The minimum atomic E-state index is -0.852. The number of ether oxygens (including phenoxy) is 3. The molecular formula is C14H19NO5. The Morgan fingerprint density at radius 1 is 1.50 bits per heavy atom. The number of carboxylic acids is 1. The maximum atomic E-state index is 11.0. The normalized spacial score (nSPS) is 14.1. The Kier molecular flexibility index (Phi) is 4.68. The van der Waals surface area contributed by atoms with Crippen LogP contribution in [0.5, 0.6) is 17.2 Å². The molecule has 0 saturated carbocycles. The van der Waals surface area contributed by atoms with Gasteiger partial charge in [0.25, 0.3) is 0 Å². The van der Waals surface area contributed by atoms with Crippen LogP contribution in [0.4, 0.5) is 0 Å². The summed E-state index contributed by atoms with van der Waals surface area (Å²) in [6, 6.07) is 3.32. The van der Waals surface area contributed by atoms with E-state index in [0.29, 0.717) is 17.2 Å². The molecule has 0 saturated heterocycles. The summed E-state index contributed by atoms with van der Waals surface area (Å²) in [6.45, 7) is 2.93. The van der Waals surface area contributed by atoms with E-state index in [0.717, 1.165) is 18.5 Å². The molecule has 2 rings (SSSR count). The number of nitrogens with one attached hydrogen (secondary N) is 1. The molecule has 1 aromatic rings. The number of fused-ring (bicyclic) bond motifs is 1. The molecule has 1 aliphatic rings. The molecule has 0 aliphatic carbocycles. The molecule has 2 N–H and O–H groups in total. The minimum Gasteiger partial charge on any atom is -0.493 e. The quantitative estimate of drug-likeness (QED) is 0.795. The molecule has 0 fully saturated rings. The van der Waals surface area contributed by atoms with Crippen LogP contribution in [0.25, 0.3) is 0 Å². The van der Waals surface area contributed by atoms with E-state index < -0.39 is 5.97 Å². The maximum absolute atomic E-state index is 11.0. The van der Waals surface area contributed by atoms with Gasteiger partial charge in [0.2, 0.25) is 12.5 Å². The lowest BCUT2D eigenvalue weighted by Gasteiger charge is -2.18. The summed E-state index contributed by atoms with van der Waals surface area (Å²) in [5.74, 6) is 0.868. The van der Waals surface area contributed by atoms with Crippen molar-refractivity contribution in [3.8, 4) is 17.2 Å². The van der Waals surface area contributed by atoms with E-state index in [2.05, 4.69) is 5.32 Å². The van der Waals surface area contributed by atoms with Gasteiger partial charge in [-0.05, 0) is 30.7 Å². The van der Waals surface area contributed by atoms with E-state index in [-0.39, 0.29) is 19.3 Å². The molecule has 0 aromatic heterocycles. The van der Waals surface area contributed by atoms with Crippen molar-refractivity contribution < 1.29 is 24.1 Å². The van der Waals surface area contributed by atoms with Crippen molar-refractivity contribution in [1.82, 2.24) is 5.32 Å². The average Bonchev–Trinajstić information content (AvgIpc) is 2.90. The third-order valence-corrected chi connectivity index (χ3v) is 3.10. The Morgan fingerprint density at radius 3 is 2.95 bits per heavy atom. The number of hydrogen-bond acceptors (Lipinski definition) is 5. The van der Waals surface area contributed by atoms with Crippen LogP contribution in [-0.4, -0.2) is 31.5 Å². The topological polar surface area (TPSA) is 77.0 Å². The summed E-state index contributed by atoms with van der Waals surface area (Å²) >= 11 is 0. The van der Waals surface area contributed by atoms with Crippen molar-refractivity contribution in [3.63, 3.8) is 0 Å². The second kappa shape index (κ2) is 6.47. The van der Waals surface area contributed by atoms with Crippen LogP contribution >= 0.6 is 0 Å². The molecule has 6 heteroatoms. The molecule has 1 aliphatic heterocycles. The first-order chi connectivity index (χ1) is 9.65. The first-order valence-electron chi connectivity index (χ1n) is 6.58. The van der Waals surface area contributed by atoms with Gasteiger partial charge < -0.3 is 24.6 Å². The number of rotatable bonds is 7. The number of hydrogen-bond donors (Lipinski definition) is 2. The molecule has 0 spiro atoms. The molecule has 110 valence electrons. The Labute approximate surface area is 117 Å². The highest BCUT2D eigenvalue weighted by Gasteiger charge is 2.24. The Balaban J connectivity index is 2.29. The van der Waals surface area contributed by atoms with E-state index >= 15 is 0 Å². The van der Waals surface area contributed by atoms with Crippen LogP contribution < -0.4 is 19.5 Å². The van der Waals surface area contributed by atoms with Crippen LogP contribution in [0.3, 0.4) is 0 Å². The standard InChI is InChI=1S/C14H19NO5/c1-3-4-15-10(7-13(16)17)9-5-11(18-2)14-12(6-9)19-8-20-14/h5-6,10,15H,3-4,7-8H2,1-2H3,(H,16,17). The van der Waals surface area contributed by atoms with Crippen molar-refractivity contribution in [2.45, 2.75) is 25.8 Å². The number of carbonyl (C=O) groups is 1. The maximum Gasteiger partial charge on any atom is 0.305 e. The molecule has 1 atom stereocenters. The zero-order valence-electron chi connectivity index (χ0n) is 11.6. The Hall–Kier alpha value is -1.95. The fourth-order valence-corrected chi connectivity index (χ4v) is 2.15. The van der Waals surface area contributed by atoms with E-state index in [1.54, 1.807) is 19.2 Å². The molecule has 0 bridgehead atoms. The molecular weight excluding hydrogens is 262 g/mol. The average molecular weight is 281 g/mol. The zero-order chi connectivity index (χ0) is 14.5. The van der Waals surface area contributed by atoms with Gasteiger partial charge in [-0.1, -0.05) is 6.92 Å². The smallest absolute Gasteiger partial charge is 0.305 e. The summed E-state index contributed by atoms with van der Waals surface area (Å²) in [5, 5.41) is 12.3. The highest BCUT2D eigenvalue weighted by Crippen LogP contribution is 2.43. The van der Waals surface area contributed by atoms with Gasteiger partial charge in [0.1, 0.15) is 0 Å². The highest BCUT2D eigenvalue weighted by atomic mass is 16.7. The third-order valence-electron chi connectivity index (χ3n) is 3.10. The van der Waals surface area contributed by atoms with Gasteiger partial charge in [0.05, 0.1) is 13.5 Å². The van der Waals surface area contributed by atoms with Crippen LogP contribution in [0.15, 0.2) is 12.1 Å². The van der Waals surface area contributed by atoms with Gasteiger partial charge in [-0.3, -0.25) is 4.79 Å². The van der Waals surface area contributed by atoms with Gasteiger partial charge in [0, 0.05) is 6.04 Å². The fraction of sp³-hybridized carbons (Fsp3) is 0.500. The predicted octanol–water partition coefficient (Wildman–Crippen LogP) is 1.94. The molecule has 1 aromatic carbocycles. The molecule has 0 radical (unpaired) electrons. The SMILES string of the molecule is CCCNC(CC(=O)O)c1cc(OC)c2c(c1)OCO2. The minimum absolute atomic E-state index is 0.00278. The van der Waals surface area contributed by atoms with Gasteiger partial charge >= 0.3 is 5.97 Å². The Bertz CT molecular complexity index is 489. The van der Waals surface area contributed by atoms with Gasteiger partial charge in [-0.15, -0.1) is 0 Å². The van der Waals surface area contributed by atoms with E-state index in [4.69, 9.17) is 19.3 Å². The highest BCUT2D eigenvalue weighted by molar-refractivity contribution is 5.68. The lowest BCUT2D eigenvalue weighted by Crippen LogP contribution is -2.24. The van der Waals surface area contributed by atoms with Crippen molar-refractivity contribution in [2.75, 3.05) is 20.4 Å². The van der Waals surface area contributed by atoms with Gasteiger partial charge in [-0.2, -0.15) is 0 Å². The molecule has 20 heavy (non-hydrogen) atoms. The largest absolute Gasteiger partial charge is 0.493 e. The zero-order valence-corrected chi connectivity index (χ0v) is 11.6. The van der Waals surface area contributed by atoms with Crippen molar-refractivity contribution in [2.24, 2.45) is 0 Å². The van der Waals surface area contributed by atoms with E-state index in [1.807, 2.05) is 6.92 Å². The van der Waals surface area contributed by atoms with E-state index in [9.17, 15) is 4.79 Å². The van der Waals surface area contributed by atoms with Crippen LogP contribution in [0.2, 0.25) is 0 Å². The van der Waals surface area contributed by atoms with Crippen molar-refractivity contribution in [3.05, 3.63) is 17.7 Å². The predicted molar refractivity (Wildman–Crippen MR) is 72.4 cm³/mol. The third kappa shape index (κ3) is 3.14. The molecule has 0 amide bonds. The first-order valence-corrected chi connectivity index (χ1v) is 6.58. The first kappa shape index (κ1) is 14.5. The number of carboxylic acid groups (broad SMARTS) is 1. The Morgan fingerprint density at radius 2 is 2.30 bits per heavy atom. The molecule has 1 unspecified atom stereocenters. The van der Waals surface area contributed by atoms with Gasteiger partial charge in [0.15, 0.2) is 11.5 Å². The lowest BCUT2D eigenvalue weighted by molar-refractivity contribution is -0.137. The van der Waals surface area contributed by atoms with E-state index in [1.165, 1.54) is 0 Å². The second-order valence-electron chi connectivity index (χ2n) is 4.56. The number of methoxy groups -OCH3 is 1. The van der Waals surface area contributed by atoms with Crippen LogP contribution in [0.1, 0.15) is 31.4 Å². The summed E-state index contributed by atoms with van der Waals surface area (Å²) in [5.41, 5.74) is 0.821. The van der Waals surface area contributed by atoms with Crippen LogP contribution in [-0.2, 0) is 4.79 Å². The van der Waals surface area contributed by atoms with Crippen molar-refractivity contribution >= 4 is 5.97 Å².